The first kappa shape index (κ1) is 9.48. The molecule has 0 radical (unpaired) electrons. The van der Waals surface area contributed by atoms with Gasteiger partial charge in [-0.05, 0) is 30.5 Å². The van der Waals surface area contributed by atoms with Gasteiger partial charge >= 0.3 is 0 Å². The van der Waals surface area contributed by atoms with Crippen LogP contribution in [0.25, 0.3) is 0 Å². The number of aryl methyl sites for hydroxylation is 1. The highest BCUT2D eigenvalue weighted by Gasteiger charge is 2.13. The van der Waals surface area contributed by atoms with Crippen LogP contribution < -0.4 is 10.5 Å². The van der Waals surface area contributed by atoms with Crippen molar-refractivity contribution in [3.63, 3.8) is 0 Å². The maximum Gasteiger partial charge on any atom is 0.238 e. The molecule has 4 nitrogen and oxygen atoms in total. The highest BCUT2D eigenvalue weighted by Crippen LogP contribution is 2.24. The van der Waals surface area contributed by atoms with Gasteiger partial charge in [-0.15, -0.1) is 0 Å². The second-order valence-electron chi connectivity index (χ2n) is 3.39. The van der Waals surface area contributed by atoms with Crippen LogP contribution in [0.1, 0.15) is 12.0 Å². The number of benzene rings is 1. The Balaban J connectivity index is 2.49. The molecule has 0 saturated carbocycles. The first-order chi connectivity index (χ1) is 6.57. The van der Waals surface area contributed by atoms with Crippen molar-refractivity contribution >= 4 is 15.7 Å². The van der Waals surface area contributed by atoms with Crippen molar-refractivity contribution in [2.45, 2.75) is 17.7 Å². The maximum atomic E-state index is 11.1. The van der Waals surface area contributed by atoms with Gasteiger partial charge in [-0.1, -0.05) is 6.07 Å². The summed E-state index contributed by atoms with van der Waals surface area (Å²) in [6.45, 7) is 0.890. The Kier molecular flexibility index (Phi) is 2.20. The molecule has 1 aliphatic rings. The lowest BCUT2D eigenvalue weighted by Gasteiger charge is -2.18. The lowest BCUT2D eigenvalue weighted by Crippen LogP contribution is -2.15. The predicted octanol–water partition coefficient (Wildman–Crippen LogP) is 0.692. The molecule has 5 heteroatoms. The van der Waals surface area contributed by atoms with Crippen molar-refractivity contribution in [1.82, 2.24) is 0 Å². The minimum atomic E-state index is -3.58. The van der Waals surface area contributed by atoms with Crippen molar-refractivity contribution in [2.75, 3.05) is 11.9 Å². The molecule has 0 saturated heterocycles. The van der Waals surface area contributed by atoms with E-state index in [0.29, 0.717) is 0 Å². The maximum absolute atomic E-state index is 11.1. The molecule has 1 aliphatic heterocycles. The molecule has 0 spiro atoms. The van der Waals surface area contributed by atoms with Gasteiger partial charge in [0, 0.05) is 12.2 Å². The van der Waals surface area contributed by atoms with Crippen LogP contribution in [0.4, 0.5) is 5.69 Å². The lowest BCUT2D eigenvalue weighted by atomic mass is 10.0. The number of rotatable bonds is 1. The summed E-state index contributed by atoms with van der Waals surface area (Å²) in [4.78, 5) is 0.172. The number of hydrogen-bond acceptors (Lipinski definition) is 3. The Bertz CT molecular complexity index is 454. The van der Waals surface area contributed by atoms with Crippen molar-refractivity contribution in [1.29, 1.82) is 0 Å². The molecule has 1 heterocycles. The van der Waals surface area contributed by atoms with Gasteiger partial charge in [0.25, 0.3) is 0 Å². The fourth-order valence-electron chi connectivity index (χ4n) is 1.62. The van der Waals surface area contributed by atoms with Gasteiger partial charge < -0.3 is 5.32 Å². The zero-order chi connectivity index (χ0) is 10.2. The third-order valence-corrected chi connectivity index (χ3v) is 3.26. The van der Waals surface area contributed by atoms with Crippen LogP contribution in [0.2, 0.25) is 0 Å². The second kappa shape index (κ2) is 3.25. The van der Waals surface area contributed by atoms with E-state index in [9.17, 15) is 8.42 Å². The smallest absolute Gasteiger partial charge is 0.238 e. The Morgan fingerprint density at radius 1 is 1.36 bits per heavy atom. The molecule has 0 unspecified atom stereocenters. The molecule has 0 aromatic heterocycles. The minimum Gasteiger partial charge on any atom is -0.385 e. The molecule has 0 amide bonds. The Morgan fingerprint density at radius 3 is 2.86 bits per heavy atom. The summed E-state index contributed by atoms with van der Waals surface area (Å²) in [6.07, 6.45) is 2.08. The number of primary sulfonamides is 1. The normalized spacial score (nSPS) is 15.8. The molecule has 0 bridgehead atoms. The average Bonchev–Trinajstić information content (AvgIpc) is 2.16. The van der Waals surface area contributed by atoms with Crippen molar-refractivity contribution in [3.8, 4) is 0 Å². The molecule has 1 aromatic rings. The van der Waals surface area contributed by atoms with Gasteiger partial charge in [0.1, 0.15) is 0 Å². The second-order valence-corrected chi connectivity index (χ2v) is 4.96. The van der Waals surface area contributed by atoms with Crippen molar-refractivity contribution in [2.24, 2.45) is 5.14 Å². The molecule has 14 heavy (non-hydrogen) atoms. The van der Waals surface area contributed by atoms with Crippen molar-refractivity contribution in [3.05, 3.63) is 23.8 Å². The van der Waals surface area contributed by atoms with E-state index in [1.54, 1.807) is 12.1 Å². The zero-order valence-electron chi connectivity index (χ0n) is 7.66. The number of anilines is 1. The molecular weight excluding hydrogens is 200 g/mol. The van der Waals surface area contributed by atoms with Gasteiger partial charge in [0.2, 0.25) is 10.0 Å². The first-order valence-electron chi connectivity index (χ1n) is 4.47. The quantitative estimate of drug-likeness (QED) is 0.719. The van der Waals surface area contributed by atoms with E-state index in [-0.39, 0.29) is 4.90 Å². The van der Waals surface area contributed by atoms with Gasteiger partial charge in [-0.25, -0.2) is 13.6 Å². The summed E-state index contributed by atoms with van der Waals surface area (Å²) in [5.74, 6) is 0. The largest absolute Gasteiger partial charge is 0.385 e. The summed E-state index contributed by atoms with van der Waals surface area (Å²) in [5.41, 5.74) is 2.05. The summed E-state index contributed by atoms with van der Waals surface area (Å²) >= 11 is 0. The van der Waals surface area contributed by atoms with E-state index in [4.69, 9.17) is 5.14 Å². The van der Waals surface area contributed by atoms with Crippen LogP contribution in [0.15, 0.2) is 23.1 Å². The lowest BCUT2D eigenvalue weighted by molar-refractivity contribution is 0.597. The summed E-state index contributed by atoms with van der Waals surface area (Å²) < 4.78 is 22.1. The Labute approximate surface area is 83.2 Å². The molecular formula is C9H12N2O2S. The molecule has 0 atom stereocenters. The van der Waals surface area contributed by atoms with Gasteiger partial charge in [-0.3, -0.25) is 0 Å². The predicted molar refractivity (Wildman–Crippen MR) is 54.6 cm³/mol. The van der Waals surface area contributed by atoms with E-state index in [0.717, 1.165) is 30.6 Å². The number of nitrogens with one attached hydrogen (secondary N) is 1. The fraction of sp³-hybridized carbons (Fsp3) is 0.333. The average molecular weight is 212 g/mol. The molecule has 1 aromatic carbocycles. The number of nitrogens with two attached hydrogens (primary N) is 1. The van der Waals surface area contributed by atoms with E-state index in [1.807, 2.05) is 6.07 Å². The van der Waals surface area contributed by atoms with Crippen LogP contribution in [0.5, 0.6) is 0 Å². The summed E-state index contributed by atoms with van der Waals surface area (Å²) in [6, 6.07) is 4.98. The number of sulfonamides is 1. The highest BCUT2D eigenvalue weighted by atomic mass is 32.2. The van der Waals surface area contributed by atoms with E-state index in [1.165, 1.54) is 0 Å². The molecule has 3 N–H and O–H groups in total. The molecule has 2 rings (SSSR count). The standard InChI is InChI=1S/C9H12N2O2S/c10-14(12,13)8-4-3-7-2-1-5-11-9(7)6-8/h3-4,6,11H,1-2,5H2,(H2,10,12,13). The molecule has 76 valence electrons. The van der Waals surface area contributed by atoms with Gasteiger partial charge in [0.05, 0.1) is 4.90 Å². The van der Waals surface area contributed by atoms with Gasteiger partial charge in [-0.2, -0.15) is 0 Å². The number of hydrogen-bond donors (Lipinski definition) is 2. The fourth-order valence-corrected chi connectivity index (χ4v) is 2.16. The highest BCUT2D eigenvalue weighted by molar-refractivity contribution is 7.89. The first-order valence-corrected chi connectivity index (χ1v) is 6.01. The number of fused-ring (bicyclic) bond motifs is 1. The SMILES string of the molecule is NS(=O)(=O)c1ccc2c(c1)NCCC2. The zero-order valence-corrected chi connectivity index (χ0v) is 8.47. The van der Waals surface area contributed by atoms with E-state index >= 15 is 0 Å². The van der Waals surface area contributed by atoms with Crippen LogP contribution in [0, 0.1) is 0 Å². The Morgan fingerprint density at radius 2 is 2.14 bits per heavy atom. The Hall–Kier alpha value is -1.07. The van der Waals surface area contributed by atoms with Crippen LogP contribution in [-0.4, -0.2) is 15.0 Å². The van der Waals surface area contributed by atoms with Crippen LogP contribution >= 0.6 is 0 Å². The summed E-state index contributed by atoms with van der Waals surface area (Å²) in [7, 11) is -3.58. The van der Waals surface area contributed by atoms with E-state index < -0.39 is 10.0 Å². The van der Waals surface area contributed by atoms with Gasteiger partial charge in [0.15, 0.2) is 0 Å². The molecule has 0 fully saturated rings. The van der Waals surface area contributed by atoms with Crippen LogP contribution in [-0.2, 0) is 16.4 Å². The third kappa shape index (κ3) is 1.73. The third-order valence-electron chi connectivity index (χ3n) is 2.35. The monoisotopic (exact) mass is 212 g/mol. The van der Waals surface area contributed by atoms with Crippen LogP contribution in [0.3, 0.4) is 0 Å². The molecule has 0 aliphatic carbocycles. The minimum absolute atomic E-state index is 0.172. The summed E-state index contributed by atoms with van der Waals surface area (Å²) in [5, 5.41) is 8.19. The van der Waals surface area contributed by atoms with Crippen molar-refractivity contribution < 1.29 is 8.42 Å². The van der Waals surface area contributed by atoms with E-state index in [2.05, 4.69) is 5.32 Å². The topological polar surface area (TPSA) is 72.2 Å².